The highest BCUT2D eigenvalue weighted by Gasteiger charge is 2.25. The molecule has 0 amide bonds. The van der Waals surface area contributed by atoms with E-state index in [1.165, 1.54) is 25.1 Å². The second kappa shape index (κ2) is 6.74. The number of aliphatic hydroxyl groups is 1. The minimum atomic E-state index is -3.47. The molecular weight excluding hydrogens is 276 g/mol. The fraction of sp³-hybridized carbons (Fsp3) is 0.714. The van der Waals surface area contributed by atoms with Crippen LogP contribution in [0.4, 0.5) is 0 Å². The number of hydrogen-bond acceptors (Lipinski definition) is 3. The van der Waals surface area contributed by atoms with Gasteiger partial charge in [-0.05, 0) is 37.7 Å². The Balaban J connectivity index is 1.92. The molecule has 3 N–H and O–H groups in total. The van der Waals surface area contributed by atoms with E-state index in [0.717, 1.165) is 31.6 Å². The van der Waals surface area contributed by atoms with Gasteiger partial charge in [0.05, 0.1) is 11.5 Å². The van der Waals surface area contributed by atoms with Crippen molar-refractivity contribution in [3.05, 3.63) is 18.0 Å². The fourth-order valence-corrected chi connectivity index (χ4v) is 4.25. The molecule has 1 heterocycles. The van der Waals surface area contributed by atoms with Gasteiger partial charge in [0.25, 0.3) is 0 Å². The molecule has 20 heavy (non-hydrogen) atoms. The molecule has 1 aromatic heterocycles. The van der Waals surface area contributed by atoms with E-state index in [1.807, 2.05) is 0 Å². The lowest BCUT2D eigenvalue weighted by Gasteiger charge is -2.28. The number of aromatic amines is 1. The lowest BCUT2D eigenvalue weighted by atomic mass is 9.84. The number of aromatic nitrogens is 1. The zero-order valence-corrected chi connectivity index (χ0v) is 12.7. The van der Waals surface area contributed by atoms with E-state index in [9.17, 15) is 8.42 Å². The number of hydrogen-bond donors (Lipinski definition) is 3. The van der Waals surface area contributed by atoms with E-state index in [4.69, 9.17) is 5.11 Å². The van der Waals surface area contributed by atoms with Gasteiger partial charge in [-0.3, -0.25) is 0 Å². The third kappa shape index (κ3) is 3.84. The molecule has 0 bridgehead atoms. The van der Waals surface area contributed by atoms with E-state index < -0.39 is 10.0 Å². The van der Waals surface area contributed by atoms with Crippen LogP contribution in [0.1, 0.15) is 51.1 Å². The Morgan fingerprint density at radius 3 is 2.60 bits per heavy atom. The van der Waals surface area contributed by atoms with Crippen molar-refractivity contribution in [2.24, 2.45) is 5.92 Å². The molecular formula is C14H24N2O3S. The van der Waals surface area contributed by atoms with Crippen LogP contribution in [0.2, 0.25) is 0 Å². The Bertz CT molecular complexity index is 516. The highest BCUT2D eigenvalue weighted by molar-refractivity contribution is 7.89. The summed E-state index contributed by atoms with van der Waals surface area (Å²) < 4.78 is 27.2. The van der Waals surface area contributed by atoms with Crippen LogP contribution in [-0.4, -0.2) is 24.6 Å². The van der Waals surface area contributed by atoms with E-state index in [-0.39, 0.29) is 17.5 Å². The molecule has 1 aliphatic rings. The minimum Gasteiger partial charge on any atom is -0.390 e. The standard InChI is InChI=1S/C14H24N2O3S/c1-2-3-11-4-6-12(7-5-11)16-20(18,19)14-8-13(10-17)15-9-14/h8-9,11-12,15-17H,2-7,10H2,1H3. The molecule has 0 saturated heterocycles. The molecule has 1 aromatic rings. The Morgan fingerprint density at radius 2 is 2.05 bits per heavy atom. The van der Waals surface area contributed by atoms with Crippen LogP contribution in [0.5, 0.6) is 0 Å². The predicted molar refractivity (Wildman–Crippen MR) is 77.7 cm³/mol. The Labute approximate surface area is 120 Å². The van der Waals surface area contributed by atoms with Gasteiger partial charge in [-0.2, -0.15) is 0 Å². The summed E-state index contributed by atoms with van der Waals surface area (Å²) in [6, 6.07) is 1.52. The summed E-state index contributed by atoms with van der Waals surface area (Å²) in [6.45, 7) is 2.01. The smallest absolute Gasteiger partial charge is 0.242 e. The monoisotopic (exact) mass is 300 g/mol. The molecule has 6 heteroatoms. The van der Waals surface area contributed by atoms with E-state index in [2.05, 4.69) is 16.6 Å². The fourth-order valence-electron chi connectivity index (χ4n) is 2.93. The molecule has 1 aliphatic carbocycles. The normalized spacial score (nSPS) is 23.9. The topological polar surface area (TPSA) is 82.2 Å². The summed E-state index contributed by atoms with van der Waals surface area (Å²) in [5, 5.41) is 8.97. The lowest BCUT2D eigenvalue weighted by molar-refractivity contribution is 0.277. The molecule has 1 saturated carbocycles. The summed E-state index contributed by atoms with van der Waals surface area (Å²) in [6.07, 6.45) is 7.93. The average molecular weight is 300 g/mol. The van der Waals surface area contributed by atoms with Gasteiger partial charge < -0.3 is 10.1 Å². The van der Waals surface area contributed by atoms with Gasteiger partial charge in [-0.25, -0.2) is 13.1 Å². The predicted octanol–water partition coefficient (Wildman–Crippen LogP) is 2.14. The van der Waals surface area contributed by atoms with Crippen LogP contribution in [0.25, 0.3) is 0 Å². The zero-order valence-electron chi connectivity index (χ0n) is 11.9. The minimum absolute atomic E-state index is 0.0422. The number of rotatable bonds is 6. The molecule has 0 radical (unpaired) electrons. The number of H-pyrrole nitrogens is 1. The maximum atomic E-state index is 12.2. The summed E-state index contributed by atoms with van der Waals surface area (Å²) in [5.74, 6) is 0.758. The first kappa shape index (κ1) is 15.5. The molecule has 0 atom stereocenters. The Kier molecular flexibility index (Phi) is 5.23. The second-order valence-corrected chi connectivity index (χ2v) is 7.36. The van der Waals surface area contributed by atoms with Crippen LogP contribution >= 0.6 is 0 Å². The molecule has 5 nitrogen and oxygen atoms in total. The SMILES string of the molecule is CCCC1CCC(NS(=O)(=O)c2c[nH]c(CO)c2)CC1. The van der Waals surface area contributed by atoms with Gasteiger partial charge in [0.2, 0.25) is 10.0 Å². The highest BCUT2D eigenvalue weighted by Crippen LogP contribution is 2.28. The second-order valence-electron chi connectivity index (χ2n) is 5.65. The van der Waals surface area contributed by atoms with Crippen molar-refractivity contribution < 1.29 is 13.5 Å². The maximum absolute atomic E-state index is 12.2. The van der Waals surface area contributed by atoms with Crippen molar-refractivity contribution in [1.82, 2.24) is 9.71 Å². The van der Waals surface area contributed by atoms with Gasteiger partial charge in [0.15, 0.2) is 0 Å². The van der Waals surface area contributed by atoms with Crippen molar-refractivity contribution >= 4 is 10.0 Å². The summed E-state index contributed by atoms with van der Waals surface area (Å²) in [4.78, 5) is 2.96. The van der Waals surface area contributed by atoms with Crippen molar-refractivity contribution in [2.45, 2.75) is 63.0 Å². The number of aliphatic hydroxyl groups excluding tert-OH is 1. The average Bonchev–Trinajstić information content (AvgIpc) is 2.91. The Hall–Kier alpha value is -0.850. The number of sulfonamides is 1. The molecule has 0 aliphatic heterocycles. The van der Waals surface area contributed by atoms with E-state index >= 15 is 0 Å². The third-order valence-corrected chi connectivity index (χ3v) is 5.56. The van der Waals surface area contributed by atoms with Crippen LogP contribution in [0, 0.1) is 5.92 Å². The number of nitrogens with one attached hydrogen (secondary N) is 2. The van der Waals surface area contributed by atoms with Crippen molar-refractivity contribution in [3.63, 3.8) is 0 Å². The molecule has 0 spiro atoms. The first-order valence-electron chi connectivity index (χ1n) is 7.35. The van der Waals surface area contributed by atoms with Crippen LogP contribution in [0.3, 0.4) is 0 Å². The van der Waals surface area contributed by atoms with Crippen LogP contribution < -0.4 is 4.72 Å². The van der Waals surface area contributed by atoms with Gasteiger partial charge in [-0.1, -0.05) is 19.8 Å². The van der Waals surface area contributed by atoms with Crippen molar-refractivity contribution in [3.8, 4) is 0 Å². The largest absolute Gasteiger partial charge is 0.390 e. The van der Waals surface area contributed by atoms with Crippen LogP contribution in [0.15, 0.2) is 17.2 Å². The quantitative estimate of drug-likeness (QED) is 0.753. The summed E-state index contributed by atoms with van der Waals surface area (Å²) >= 11 is 0. The summed E-state index contributed by atoms with van der Waals surface area (Å²) in [5.41, 5.74) is 0.511. The maximum Gasteiger partial charge on any atom is 0.242 e. The third-order valence-electron chi connectivity index (χ3n) is 4.06. The van der Waals surface area contributed by atoms with Gasteiger partial charge >= 0.3 is 0 Å². The molecule has 0 unspecified atom stereocenters. The molecule has 114 valence electrons. The molecule has 0 aromatic carbocycles. The Morgan fingerprint density at radius 1 is 1.35 bits per heavy atom. The first-order chi connectivity index (χ1) is 9.55. The first-order valence-corrected chi connectivity index (χ1v) is 8.84. The van der Waals surface area contributed by atoms with Crippen molar-refractivity contribution in [1.29, 1.82) is 0 Å². The highest BCUT2D eigenvalue weighted by atomic mass is 32.2. The molecule has 2 rings (SSSR count). The van der Waals surface area contributed by atoms with Crippen LogP contribution in [-0.2, 0) is 16.6 Å². The molecule has 1 fully saturated rings. The van der Waals surface area contributed by atoms with Gasteiger partial charge in [0.1, 0.15) is 0 Å². The van der Waals surface area contributed by atoms with Crippen molar-refractivity contribution in [2.75, 3.05) is 0 Å². The van der Waals surface area contributed by atoms with E-state index in [1.54, 1.807) is 0 Å². The van der Waals surface area contributed by atoms with Gasteiger partial charge in [0, 0.05) is 17.9 Å². The lowest BCUT2D eigenvalue weighted by Crippen LogP contribution is -2.37. The zero-order chi connectivity index (χ0) is 14.6. The van der Waals surface area contributed by atoms with Gasteiger partial charge in [-0.15, -0.1) is 0 Å². The summed E-state index contributed by atoms with van der Waals surface area (Å²) in [7, 11) is -3.47. The van der Waals surface area contributed by atoms with E-state index in [0.29, 0.717) is 5.69 Å².